The van der Waals surface area contributed by atoms with Crippen LogP contribution in [0.25, 0.3) is 0 Å². The monoisotopic (exact) mass is 345 g/mol. The number of methoxy groups -OCH3 is 2. The summed E-state index contributed by atoms with van der Waals surface area (Å²) < 4.78 is 10.6. The molecule has 2 aromatic carbocycles. The smallest absolute Gasteiger partial charge is 0.200 e. The third-order valence-corrected chi connectivity index (χ3v) is 4.84. The molecule has 0 saturated heterocycles. The van der Waals surface area contributed by atoms with Gasteiger partial charge in [0.05, 0.1) is 14.2 Å². The molecule has 1 heterocycles. The number of fused-ring (bicyclic) bond motifs is 1. The normalized spacial score (nSPS) is 17.2. The van der Waals surface area contributed by atoms with Crippen LogP contribution in [-0.2, 0) is 12.8 Å². The molecular formula is C19H23NO5. The van der Waals surface area contributed by atoms with Crippen molar-refractivity contribution in [1.29, 1.82) is 0 Å². The third kappa shape index (κ3) is 3.05. The Hall–Kier alpha value is -2.60. The maximum atomic E-state index is 10.2. The van der Waals surface area contributed by atoms with Gasteiger partial charge in [0.15, 0.2) is 23.0 Å². The molecule has 2 aromatic rings. The molecule has 0 saturated carbocycles. The van der Waals surface area contributed by atoms with E-state index in [-0.39, 0.29) is 23.3 Å². The SMILES string of the molecule is COc1cc(CC2c3c(cc(O)c(O)c3OC)CCN2C)ccc1O. The van der Waals surface area contributed by atoms with E-state index in [0.717, 1.165) is 29.7 Å². The van der Waals surface area contributed by atoms with E-state index in [1.54, 1.807) is 12.1 Å². The Morgan fingerprint density at radius 3 is 2.52 bits per heavy atom. The zero-order valence-electron chi connectivity index (χ0n) is 14.6. The van der Waals surface area contributed by atoms with Gasteiger partial charge in [0.1, 0.15) is 0 Å². The molecule has 0 radical (unpaired) electrons. The van der Waals surface area contributed by atoms with Crippen molar-refractivity contribution >= 4 is 0 Å². The Morgan fingerprint density at radius 2 is 1.84 bits per heavy atom. The molecule has 3 N–H and O–H groups in total. The first kappa shape index (κ1) is 17.2. The van der Waals surface area contributed by atoms with Gasteiger partial charge in [-0.15, -0.1) is 0 Å². The lowest BCUT2D eigenvalue weighted by Crippen LogP contribution is -2.33. The van der Waals surface area contributed by atoms with E-state index < -0.39 is 0 Å². The molecule has 0 spiro atoms. The molecule has 0 bridgehead atoms. The van der Waals surface area contributed by atoms with Gasteiger partial charge in [-0.25, -0.2) is 0 Å². The lowest BCUT2D eigenvalue weighted by Gasteiger charge is -2.36. The second-order valence-corrected chi connectivity index (χ2v) is 6.31. The highest BCUT2D eigenvalue weighted by Crippen LogP contribution is 2.47. The molecule has 1 aliphatic heterocycles. The van der Waals surface area contributed by atoms with Gasteiger partial charge >= 0.3 is 0 Å². The number of ether oxygens (including phenoxy) is 2. The first-order chi connectivity index (χ1) is 12.0. The van der Waals surface area contributed by atoms with Crippen LogP contribution in [0, 0.1) is 0 Å². The van der Waals surface area contributed by atoms with Gasteiger partial charge in [-0.05, 0) is 49.2 Å². The maximum absolute atomic E-state index is 10.2. The summed E-state index contributed by atoms with van der Waals surface area (Å²) in [5.74, 6) is 0.452. The molecule has 1 unspecified atom stereocenters. The highest BCUT2D eigenvalue weighted by Gasteiger charge is 2.31. The third-order valence-electron chi connectivity index (χ3n) is 4.84. The molecule has 0 fully saturated rings. The largest absolute Gasteiger partial charge is 0.504 e. The van der Waals surface area contributed by atoms with Crippen molar-refractivity contribution in [3.63, 3.8) is 0 Å². The molecule has 0 amide bonds. The van der Waals surface area contributed by atoms with Crippen molar-refractivity contribution in [1.82, 2.24) is 4.90 Å². The molecule has 134 valence electrons. The maximum Gasteiger partial charge on any atom is 0.200 e. The van der Waals surface area contributed by atoms with Gasteiger partial charge in [0.2, 0.25) is 5.75 Å². The summed E-state index contributed by atoms with van der Waals surface area (Å²) >= 11 is 0. The van der Waals surface area contributed by atoms with E-state index in [4.69, 9.17) is 9.47 Å². The molecule has 0 aromatic heterocycles. The minimum atomic E-state index is -0.232. The number of hydrogen-bond donors (Lipinski definition) is 3. The molecular weight excluding hydrogens is 322 g/mol. The average Bonchev–Trinajstić information content (AvgIpc) is 2.60. The summed E-state index contributed by atoms with van der Waals surface area (Å²) in [5, 5.41) is 29.9. The summed E-state index contributed by atoms with van der Waals surface area (Å²) in [6, 6.07) is 6.87. The Balaban J connectivity index is 2.05. The van der Waals surface area contributed by atoms with Crippen LogP contribution in [0.1, 0.15) is 22.7 Å². The van der Waals surface area contributed by atoms with Crippen LogP contribution < -0.4 is 9.47 Å². The van der Waals surface area contributed by atoms with Gasteiger partial charge in [-0.1, -0.05) is 6.07 Å². The van der Waals surface area contributed by atoms with Crippen LogP contribution in [0.4, 0.5) is 0 Å². The molecule has 3 rings (SSSR count). The Kier molecular flexibility index (Phi) is 4.63. The minimum Gasteiger partial charge on any atom is -0.504 e. The highest BCUT2D eigenvalue weighted by atomic mass is 16.5. The number of nitrogens with zero attached hydrogens (tertiary/aromatic N) is 1. The molecule has 1 aliphatic rings. The summed E-state index contributed by atoms with van der Waals surface area (Å²) in [7, 11) is 5.03. The average molecular weight is 345 g/mol. The predicted octanol–water partition coefficient (Wildman–Crippen LogP) is 2.59. The van der Waals surface area contributed by atoms with E-state index in [2.05, 4.69) is 4.90 Å². The van der Waals surface area contributed by atoms with Crippen LogP contribution in [-0.4, -0.2) is 48.0 Å². The fourth-order valence-electron chi connectivity index (χ4n) is 3.48. The number of phenols is 3. The van der Waals surface area contributed by atoms with E-state index in [1.807, 2.05) is 19.2 Å². The number of phenolic OH excluding ortho intramolecular Hbond substituents is 3. The first-order valence-electron chi connectivity index (χ1n) is 8.14. The van der Waals surface area contributed by atoms with Crippen molar-refractivity contribution in [2.75, 3.05) is 27.8 Å². The number of rotatable bonds is 4. The molecule has 6 heteroatoms. The summed E-state index contributed by atoms with van der Waals surface area (Å²) in [6.07, 6.45) is 1.42. The Labute approximate surface area is 146 Å². The highest BCUT2D eigenvalue weighted by molar-refractivity contribution is 5.59. The van der Waals surface area contributed by atoms with Gasteiger partial charge < -0.3 is 24.8 Å². The van der Waals surface area contributed by atoms with Gasteiger partial charge in [-0.2, -0.15) is 0 Å². The fraction of sp³-hybridized carbons (Fsp3) is 0.368. The van der Waals surface area contributed by atoms with Crippen LogP contribution in [0.15, 0.2) is 24.3 Å². The number of aromatic hydroxyl groups is 3. The van der Waals surface area contributed by atoms with Gasteiger partial charge in [-0.3, -0.25) is 4.90 Å². The number of benzene rings is 2. The lowest BCUT2D eigenvalue weighted by molar-refractivity contribution is 0.219. The Bertz CT molecular complexity index is 790. The molecule has 6 nitrogen and oxygen atoms in total. The zero-order chi connectivity index (χ0) is 18.1. The summed E-state index contributed by atoms with van der Waals surface area (Å²) in [4.78, 5) is 2.20. The molecule has 25 heavy (non-hydrogen) atoms. The van der Waals surface area contributed by atoms with E-state index in [0.29, 0.717) is 17.9 Å². The van der Waals surface area contributed by atoms with Gasteiger partial charge in [0.25, 0.3) is 0 Å². The second kappa shape index (κ2) is 6.72. The van der Waals surface area contributed by atoms with E-state index >= 15 is 0 Å². The van der Waals surface area contributed by atoms with Crippen molar-refractivity contribution in [2.24, 2.45) is 0 Å². The van der Waals surface area contributed by atoms with Crippen LogP contribution in [0.5, 0.6) is 28.7 Å². The summed E-state index contributed by atoms with van der Waals surface area (Å²) in [5.41, 5.74) is 2.86. The zero-order valence-corrected chi connectivity index (χ0v) is 14.6. The van der Waals surface area contributed by atoms with Gasteiger partial charge in [0, 0.05) is 18.2 Å². The van der Waals surface area contributed by atoms with Crippen molar-refractivity contribution < 1.29 is 24.8 Å². The van der Waals surface area contributed by atoms with Crippen LogP contribution in [0.2, 0.25) is 0 Å². The quantitative estimate of drug-likeness (QED) is 0.739. The van der Waals surface area contributed by atoms with Crippen molar-refractivity contribution in [3.8, 4) is 28.7 Å². The fourth-order valence-corrected chi connectivity index (χ4v) is 3.48. The number of likely N-dealkylation sites (N-methyl/N-ethyl adjacent to an activating group) is 1. The first-order valence-corrected chi connectivity index (χ1v) is 8.14. The van der Waals surface area contributed by atoms with Crippen molar-refractivity contribution in [2.45, 2.75) is 18.9 Å². The summed E-state index contributed by atoms with van der Waals surface area (Å²) in [6.45, 7) is 0.834. The molecule has 0 aliphatic carbocycles. The van der Waals surface area contributed by atoms with E-state index in [1.165, 1.54) is 14.2 Å². The predicted molar refractivity (Wildman–Crippen MR) is 93.8 cm³/mol. The minimum absolute atomic E-state index is 0.0283. The number of hydrogen-bond acceptors (Lipinski definition) is 6. The van der Waals surface area contributed by atoms with Crippen LogP contribution >= 0.6 is 0 Å². The topological polar surface area (TPSA) is 82.4 Å². The second-order valence-electron chi connectivity index (χ2n) is 6.31. The Morgan fingerprint density at radius 1 is 1.08 bits per heavy atom. The van der Waals surface area contributed by atoms with Crippen molar-refractivity contribution in [3.05, 3.63) is 41.0 Å². The van der Waals surface area contributed by atoms with E-state index in [9.17, 15) is 15.3 Å². The lowest BCUT2D eigenvalue weighted by atomic mass is 9.87. The molecule has 1 atom stereocenters. The van der Waals surface area contributed by atoms with Crippen LogP contribution in [0.3, 0.4) is 0 Å². The standard InChI is InChI=1S/C19H23NO5/c1-20-7-6-12-10-15(22)18(23)19(25-3)17(12)13(20)8-11-4-5-14(21)16(9-11)24-2/h4-5,9-10,13,21-23H,6-8H2,1-3H3.